The van der Waals surface area contributed by atoms with E-state index in [0.29, 0.717) is 10.8 Å². The van der Waals surface area contributed by atoms with Gasteiger partial charge in [-0.25, -0.2) is 4.98 Å². The highest BCUT2D eigenvalue weighted by atomic mass is 32.1. The van der Waals surface area contributed by atoms with Crippen LogP contribution in [-0.2, 0) is 0 Å². The van der Waals surface area contributed by atoms with Crippen molar-refractivity contribution in [3.8, 4) is 0 Å². The lowest BCUT2D eigenvalue weighted by atomic mass is 10.1. The number of benzene rings is 1. The van der Waals surface area contributed by atoms with Gasteiger partial charge >= 0.3 is 0 Å². The second kappa shape index (κ2) is 4.72. The number of carbonyl (C=O) groups is 1. The Balaban J connectivity index is 1.92. The molecule has 0 aliphatic rings. The summed E-state index contributed by atoms with van der Waals surface area (Å²) in [5.74, 6) is -0.145. The number of rotatable bonds is 2. The fourth-order valence-corrected chi connectivity index (χ4v) is 2.83. The number of thiazole rings is 1. The molecular formula is C14H13N3O2S. The molecule has 0 saturated carbocycles. The summed E-state index contributed by atoms with van der Waals surface area (Å²) in [4.78, 5) is 16.4. The summed E-state index contributed by atoms with van der Waals surface area (Å²) >= 11 is 1.44. The van der Waals surface area contributed by atoms with Crippen molar-refractivity contribution in [3.63, 3.8) is 0 Å². The van der Waals surface area contributed by atoms with Gasteiger partial charge in [-0.05, 0) is 38.0 Å². The third-order valence-corrected chi connectivity index (χ3v) is 4.09. The summed E-state index contributed by atoms with van der Waals surface area (Å²) < 4.78 is 5.98. The Morgan fingerprint density at radius 1 is 1.30 bits per heavy atom. The molecule has 102 valence electrons. The quantitative estimate of drug-likeness (QED) is 0.783. The van der Waals surface area contributed by atoms with Crippen LogP contribution >= 0.6 is 11.3 Å². The first-order chi connectivity index (χ1) is 9.54. The Morgan fingerprint density at radius 3 is 2.80 bits per heavy atom. The van der Waals surface area contributed by atoms with Crippen LogP contribution < -0.4 is 5.32 Å². The van der Waals surface area contributed by atoms with Gasteiger partial charge in [0.15, 0.2) is 5.13 Å². The fraction of sp³-hybridized carbons (Fsp3) is 0.214. The summed E-state index contributed by atoms with van der Waals surface area (Å²) in [5.41, 5.74) is 3.92. The van der Waals surface area contributed by atoms with Crippen LogP contribution in [0.1, 0.15) is 27.4 Å². The van der Waals surface area contributed by atoms with E-state index < -0.39 is 0 Å². The fourth-order valence-electron chi connectivity index (χ4n) is 1.91. The first kappa shape index (κ1) is 12.8. The van der Waals surface area contributed by atoms with Gasteiger partial charge in [0.25, 0.3) is 5.91 Å². The number of nitrogens with one attached hydrogen (secondary N) is 1. The number of anilines is 1. The zero-order chi connectivity index (χ0) is 14.3. The Labute approximate surface area is 119 Å². The van der Waals surface area contributed by atoms with Crippen LogP contribution in [0, 0.1) is 20.8 Å². The summed E-state index contributed by atoms with van der Waals surface area (Å²) in [6.07, 6.45) is 0. The second-order valence-corrected chi connectivity index (χ2v) is 5.69. The van der Waals surface area contributed by atoms with Gasteiger partial charge in [0.05, 0.1) is 15.9 Å². The predicted octanol–water partition coefficient (Wildman–Crippen LogP) is 3.46. The largest absolute Gasteiger partial charge is 0.351 e. The number of nitrogens with zero attached hydrogens (tertiary/aromatic N) is 2. The molecule has 1 aromatic carbocycles. The maximum absolute atomic E-state index is 12.0. The molecular weight excluding hydrogens is 274 g/mol. The molecule has 0 spiro atoms. The van der Waals surface area contributed by atoms with E-state index in [2.05, 4.69) is 21.5 Å². The predicted molar refractivity (Wildman–Crippen MR) is 78.3 cm³/mol. The lowest BCUT2D eigenvalue weighted by molar-refractivity contribution is 0.0988. The van der Waals surface area contributed by atoms with E-state index in [9.17, 15) is 4.79 Å². The molecule has 0 saturated heterocycles. The van der Waals surface area contributed by atoms with Crippen LogP contribution in [0.5, 0.6) is 0 Å². The van der Waals surface area contributed by atoms with E-state index in [1.165, 1.54) is 16.9 Å². The second-order valence-electron chi connectivity index (χ2n) is 4.66. The minimum absolute atomic E-state index is 0.189. The highest BCUT2D eigenvalue weighted by Gasteiger charge is 2.15. The lowest BCUT2D eigenvalue weighted by Crippen LogP contribution is -2.10. The Hall–Kier alpha value is -2.21. The normalized spacial score (nSPS) is 10.9. The smallest absolute Gasteiger partial charge is 0.296 e. The van der Waals surface area contributed by atoms with Crippen LogP contribution in [0.2, 0.25) is 0 Å². The highest BCUT2D eigenvalue weighted by molar-refractivity contribution is 7.22. The molecule has 0 unspecified atom stereocenters. The van der Waals surface area contributed by atoms with E-state index in [-0.39, 0.29) is 11.7 Å². The molecule has 0 aliphatic heterocycles. The van der Waals surface area contributed by atoms with Gasteiger partial charge in [-0.3, -0.25) is 10.1 Å². The third-order valence-electron chi connectivity index (χ3n) is 3.16. The molecule has 1 amide bonds. The van der Waals surface area contributed by atoms with Crippen molar-refractivity contribution in [1.82, 2.24) is 10.1 Å². The van der Waals surface area contributed by atoms with Gasteiger partial charge in [-0.15, -0.1) is 0 Å². The maximum atomic E-state index is 12.0. The minimum atomic E-state index is -0.334. The SMILES string of the molecule is Cc1cc(C(=O)Nc2nc3c(C)c(C)ccc3s2)on1. The molecule has 2 heterocycles. The Bertz CT molecular complexity index is 804. The van der Waals surface area contributed by atoms with Gasteiger partial charge in [0.2, 0.25) is 5.76 Å². The summed E-state index contributed by atoms with van der Waals surface area (Å²) in [6.45, 7) is 5.84. The molecule has 0 atom stereocenters. The molecule has 6 heteroatoms. The van der Waals surface area contributed by atoms with Gasteiger partial charge in [-0.2, -0.15) is 0 Å². The lowest BCUT2D eigenvalue weighted by Gasteiger charge is -1.98. The van der Waals surface area contributed by atoms with Crippen molar-refractivity contribution in [2.75, 3.05) is 5.32 Å². The topological polar surface area (TPSA) is 68.0 Å². The molecule has 3 aromatic rings. The van der Waals surface area contributed by atoms with Crippen LogP contribution in [0.3, 0.4) is 0 Å². The van der Waals surface area contributed by atoms with Crippen molar-refractivity contribution in [2.24, 2.45) is 0 Å². The van der Waals surface area contributed by atoms with Crippen LogP contribution in [0.25, 0.3) is 10.2 Å². The zero-order valence-corrected chi connectivity index (χ0v) is 12.2. The third kappa shape index (κ3) is 2.18. The van der Waals surface area contributed by atoms with Crippen molar-refractivity contribution >= 4 is 32.6 Å². The number of amides is 1. The number of carbonyl (C=O) groups excluding carboxylic acids is 1. The first-order valence-electron chi connectivity index (χ1n) is 6.16. The number of hydrogen-bond donors (Lipinski definition) is 1. The summed E-state index contributed by atoms with van der Waals surface area (Å²) in [5, 5.41) is 7.00. The van der Waals surface area contributed by atoms with Crippen molar-refractivity contribution in [1.29, 1.82) is 0 Å². The molecule has 0 fully saturated rings. The molecule has 1 N–H and O–H groups in total. The van der Waals surface area contributed by atoms with E-state index in [4.69, 9.17) is 4.52 Å². The Kier molecular flexibility index (Phi) is 3.02. The molecule has 0 aliphatic carbocycles. The average Bonchev–Trinajstić information content (AvgIpc) is 3.00. The summed E-state index contributed by atoms with van der Waals surface area (Å²) in [7, 11) is 0. The number of aromatic nitrogens is 2. The molecule has 0 radical (unpaired) electrons. The highest BCUT2D eigenvalue weighted by Crippen LogP contribution is 2.29. The van der Waals surface area contributed by atoms with Crippen molar-refractivity contribution in [3.05, 3.63) is 40.8 Å². The van der Waals surface area contributed by atoms with Gasteiger partial charge in [-0.1, -0.05) is 22.6 Å². The van der Waals surface area contributed by atoms with Gasteiger partial charge in [0, 0.05) is 6.07 Å². The average molecular weight is 287 g/mol. The standard InChI is InChI=1S/C14H13N3O2S/c1-7-4-5-11-12(9(7)3)15-14(20-11)16-13(18)10-6-8(2)17-19-10/h4-6H,1-3H3,(H,15,16,18). The maximum Gasteiger partial charge on any atom is 0.296 e. The zero-order valence-electron chi connectivity index (χ0n) is 11.4. The van der Waals surface area contributed by atoms with Gasteiger partial charge in [0.1, 0.15) is 0 Å². The van der Waals surface area contributed by atoms with Crippen LogP contribution in [0.15, 0.2) is 22.7 Å². The number of aryl methyl sites for hydroxylation is 3. The van der Waals surface area contributed by atoms with Crippen molar-refractivity contribution < 1.29 is 9.32 Å². The summed E-state index contributed by atoms with van der Waals surface area (Å²) in [6, 6.07) is 5.67. The van der Waals surface area contributed by atoms with Crippen LogP contribution in [0.4, 0.5) is 5.13 Å². The molecule has 20 heavy (non-hydrogen) atoms. The van der Waals surface area contributed by atoms with E-state index in [1.54, 1.807) is 13.0 Å². The Morgan fingerprint density at radius 2 is 2.10 bits per heavy atom. The minimum Gasteiger partial charge on any atom is -0.351 e. The molecule has 2 aromatic heterocycles. The van der Waals surface area contributed by atoms with Gasteiger partial charge < -0.3 is 4.52 Å². The number of fused-ring (bicyclic) bond motifs is 1. The molecule has 0 bridgehead atoms. The van der Waals surface area contributed by atoms with E-state index >= 15 is 0 Å². The number of hydrogen-bond acceptors (Lipinski definition) is 5. The molecule has 3 rings (SSSR count). The van der Waals surface area contributed by atoms with Crippen LogP contribution in [-0.4, -0.2) is 16.0 Å². The van der Waals surface area contributed by atoms with Crippen molar-refractivity contribution in [2.45, 2.75) is 20.8 Å². The van der Waals surface area contributed by atoms with E-state index in [1.807, 2.05) is 19.9 Å². The molecule has 5 nitrogen and oxygen atoms in total. The van der Waals surface area contributed by atoms with E-state index in [0.717, 1.165) is 15.8 Å². The monoisotopic (exact) mass is 287 g/mol. The first-order valence-corrected chi connectivity index (χ1v) is 6.97.